The standard InChI is InChI=1S/C10H14N4O/c1-9-11-2-3-14(9)5-4-13-6-10(7-15)12-8-13/h2-3,6,8,15H,4-5,7H2,1H3. The Morgan fingerprint density at radius 1 is 1.33 bits per heavy atom. The molecule has 2 rings (SSSR count). The molecule has 0 atom stereocenters. The molecule has 5 nitrogen and oxygen atoms in total. The summed E-state index contributed by atoms with van der Waals surface area (Å²) in [6, 6.07) is 0. The van der Waals surface area contributed by atoms with Gasteiger partial charge in [0.1, 0.15) is 5.82 Å². The summed E-state index contributed by atoms with van der Waals surface area (Å²) in [7, 11) is 0. The Morgan fingerprint density at radius 2 is 2.20 bits per heavy atom. The summed E-state index contributed by atoms with van der Waals surface area (Å²) in [6.07, 6.45) is 7.34. The fraction of sp³-hybridized carbons (Fsp3) is 0.400. The third-order valence-corrected chi connectivity index (χ3v) is 2.37. The molecule has 2 heterocycles. The van der Waals surface area contributed by atoms with Gasteiger partial charge in [0.25, 0.3) is 0 Å². The molecule has 0 aliphatic heterocycles. The highest BCUT2D eigenvalue weighted by Crippen LogP contribution is 1.99. The van der Waals surface area contributed by atoms with Crippen molar-refractivity contribution in [1.29, 1.82) is 0 Å². The molecule has 0 saturated carbocycles. The summed E-state index contributed by atoms with van der Waals surface area (Å²) in [5.74, 6) is 1.01. The minimum Gasteiger partial charge on any atom is -0.390 e. The van der Waals surface area contributed by atoms with Gasteiger partial charge < -0.3 is 14.2 Å². The molecule has 0 aromatic carbocycles. The molecular weight excluding hydrogens is 192 g/mol. The molecule has 0 aliphatic rings. The van der Waals surface area contributed by atoms with Crippen LogP contribution in [-0.4, -0.2) is 24.2 Å². The Morgan fingerprint density at radius 3 is 2.80 bits per heavy atom. The van der Waals surface area contributed by atoms with Gasteiger partial charge in [-0.2, -0.15) is 0 Å². The zero-order valence-corrected chi connectivity index (χ0v) is 8.67. The first-order valence-electron chi connectivity index (χ1n) is 4.89. The van der Waals surface area contributed by atoms with Crippen molar-refractivity contribution in [1.82, 2.24) is 19.1 Å². The second kappa shape index (κ2) is 4.27. The first-order valence-corrected chi connectivity index (χ1v) is 4.89. The monoisotopic (exact) mass is 206 g/mol. The van der Waals surface area contributed by atoms with Crippen molar-refractivity contribution in [2.24, 2.45) is 0 Å². The normalized spacial score (nSPS) is 10.8. The fourth-order valence-corrected chi connectivity index (χ4v) is 1.47. The van der Waals surface area contributed by atoms with E-state index in [2.05, 4.69) is 14.5 Å². The maximum absolute atomic E-state index is 8.86. The maximum atomic E-state index is 8.86. The number of hydrogen-bond donors (Lipinski definition) is 1. The topological polar surface area (TPSA) is 55.9 Å². The predicted molar refractivity (Wildman–Crippen MR) is 55.1 cm³/mol. The Labute approximate surface area is 88.0 Å². The molecule has 0 unspecified atom stereocenters. The molecule has 0 saturated heterocycles. The molecule has 0 spiro atoms. The van der Waals surface area contributed by atoms with Gasteiger partial charge in [0, 0.05) is 31.7 Å². The Kier molecular flexibility index (Phi) is 2.82. The SMILES string of the molecule is Cc1nccn1CCn1cnc(CO)c1. The van der Waals surface area contributed by atoms with Crippen LogP contribution in [0.2, 0.25) is 0 Å². The summed E-state index contributed by atoms with van der Waals surface area (Å²) in [4.78, 5) is 8.19. The molecule has 1 N–H and O–H groups in total. The van der Waals surface area contributed by atoms with E-state index in [1.54, 1.807) is 12.5 Å². The lowest BCUT2D eigenvalue weighted by molar-refractivity contribution is 0.277. The Hall–Kier alpha value is -1.62. The van der Waals surface area contributed by atoms with E-state index in [0.29, 0.717) is 5.69 Å². The van der Waals surface area contributed by atoms with Gasteiger partial charge in [-0.3, -0.25) is 0 Å². The number of aliphatic hydroxyl groups is 1. The summed E-state index contributed by atoms with van der Waals surface area (Å²) in [6.45, 7) is 3.68. The van der Waals surface area contributed by atoms with Crippen LogP contribution in [0.5, 0.6) is 0 Å². The van der Waals surface area contributed by atoms with Gasteiger partial charge in [0.15, 0.2) is 0 Å². The molecule has 2 aromatic rings. The van der Waals surface area contributed by atoms with Crippen LogP contribution in [0.25, 0.3) is 0 Å². The van der Waals surface area contributed by atoms with Crippen LogP contribution in [0.3, 0.4) is 0 Å². The zero-order valence-electron chi connectivity index (χ0n) is 8.67. The highest BCUT2D eigenvalue weighted by molar-refractivity contribution is 4.94. The number of imidazole rings is 2. The van der Waals surface area contributed by atoms with Crippen molar-refractivity contribution < 1.29 is 5.11 Å². The predicted octanol–water partition coefficient (Wildman–Crippen LogP) is 0.581. The lowest BCUT2D eigenvalue weighted by Crippen LogP contribution is -2.06. The number of aromatic nitrogens is 4. The molecule has 0 aliphatic carbocycles. The van der Waals surface area contributed by atoms with Gasteiger partial charge in [-0.15, -0.1) is 0 Å². The summed E-state index contributed by atoms with van der Waals surface area (Å²) >= 11 is 0. The summed E-state index contributed by atoms with van der Waals surface area (Å²) in [5.41, 5.74) is 0.706. The van der Waals surface area contributed by atoms with Crippen molar-refractivity contribution in [2.75, 3.05) is 0 Å². The van der Waals surface area contributed by atoms with Gasteiger partial charge in [-0.25, -0.2) is 9.97 Å². The summed E-state index contributed by atoms with van der Waals surface area (Å²) in [5, 5.41) is 8.86. The minimum atomic E-state index is -0.00287. The lowest BCUT2D eigenvalue weighted by atomic mass is 10.5. The van der Waals surface area contributed by atoms with Gasteiger partial charge in [-0.05, 0) is 6.92 Å². The minimum absolute atomic E-state index is 0.00287. The van der Waals surface area contributed by atoms with E-state index in [-0.39, 0.29) is 6.61 Å². The smallest absolute Gasteiger partial charge is 0.105 e. The number of nitrogens with zero attached hydrogens (tertiary/aromatic N) is 4. The maximum Gasteiger partial charge on any atom is 0.105 e. The largest absolute Gasteiger partial charge is 0.390 e. The highest BCUT2D eigenvalue weighted by atomic mass is 16.3. The van der Waals surface area contributed by atoms with Crippen LogP contribution in [0.1, 0.15) is 11.5 Å². The molecule has 0 amide bonds. The molecule has 0 bridgehead atoms. The molecule has 0 radical (unpaired) electrons. The van der Waals surface area contributed by atoms with E-state index in [1.807, 2.05) is 23.9 Å². The molecule has 80 valence electrons. The van der Waals surface area contributed by atoms with E-state index in [0.717, 1.165) is 18.9 Å². The lowest BCUT2D eigenvalue weighted by Gasteiger charge is -2.04. The van der Waals surface area contributed by atoms with Crippen LogP contribution in [0.4, 0.5) is 0 Å². The number of aliphatic hydroxyl groups excluding tert-OH is 1. The Bertz CT molecular complexity index is 432. The zero-order chi connectivity index (χ0) is 10.7. The van der Waals surface area contributed by atoms with Gasteiger partial charge in [0.2, 0.25) is 0 Å². The highest BCUT2D eigenvalue weighted by Gasteiger charge is 1.99. The molecule has 5 heteroatoms. The third-order valence-electron chi connectivity index (χ3n) is 2.37. The molecule has 15 heavy (non-hydrogen) atoms. The van der Waals surface area contributed by atoms with Crippen LogP contribution in [-0.2, 0) is 19.7 Å². The average Bonchev–Trinajstić information content (AvgIpc) is 2.84. The van der Waals surface area contributed by atoms with E-state index in [1.165, 1.54) is 0 Å². The van der Waals surface area contributed by atoms with Crippen LogP contribution in [0, 0.1) is 6.92 Å². The van der Waals surface area contributed by atoms with E-state index < -0.39 is 0 Å². The quantitative estimate of drug-likeness (QED) is 0.796. The van der Waals surface area contributed by atoms with E-state index in [9.17, 15) is 0 Å². The number of hydrogen-bond acceptors (Lipinski definition) is 3. The van der Waals surface area contributed by atoms with Crippen LogP contribution < -0.4 is 0 Å². The second-order valence-electron chi connectivity index (χ2n) is 3.43. The first kappa shape index (κ1) is 9.92. The Balaban J connectivity index is 1.96. The van der Waals surface area contributed by atoms with Gasteiger partial charge in [0.05, 0.1) is 18.6 Å². The fourth-order valence-electron chi connectivity index (χ4n) is 1.47. The average molecular weight is 206 g/mol. The van der Waals surface area contributed by atoms with Gasteiger partial charge in [-0.1, -0.05) is 0 Å². The van der Waals surface area contributed by atoms with Crippen LogP contribution in [0.15, 0.2) is 24.9 Å². The van der Waals surface area contributed by atoms with Crippen molar-refractivity contribution in [3.8, 4) is 0 Å². The molecule has 2 aromatic heterocycles. The molecule has 0 fully saturated rings. The van der Waals surface area contributed by atoms with Crippen molar-refractivity contribution >= 4 is 0 Å². The number of rotatable bonds is 4. The van der Waals surface area contributed by atoms with Crippen LogP contribution >= 0.6 is 0 Å². The van der Waals surface area contributed by atoms with Crippen molar-refractivity contribution in [2.45, 2.75) is 26.6 Å². The van der Waals surface area contributed by atoms with E-state index >= 15 is 0 Å². The van der Waals surface area contributed by atoms with Crippen molar-refractivity contribution in [3.05, 3.63) is 36.4 Å². The molecular formula is C10H14N4O. The van der Waals surface area contributed by atoms with Crippen molar-refractivity contribution in [3.63, 3.8) is 0 Å². The van der Waals surface area contributed by atoms with Gasteiger partial charge >= 0.3 is 0 Å². The summed E-state index contributed by atoms with van der Waals surface area (Å²) < 4.78 is 4.05. The van der Waals surface area contributed by atoms with E-state index in [4.69, 9.17) is 5.11 Å². The first-order chi connectivity index (χ1) is 7.29. The number of aryl methyl sites for hydroxylation is 3. The third kappa shape index (κ3) is 2.24. The second-order valence-corrected chi connectivity index (χ2v) is 3.43.